The van der Waals surface area contributed by atoms with Crippen LogP contribution in [0.5, 0.6) is 0 Å². The van der Waals surface area contributed by atoms with Gasteiger partial charge >= 0.3 is 0 Å². The van der Waals surface area contributed by atoms with Crippen LogP contribution in [-0.4, -0.2) is 34.6 Å². The van der Waals surface area contributed by atoms with Crippen LogP contribution in [-0.2, 0) is 11.3 Å². The van der Waals surface area contributed by atoms with Crippen molar-refractivity contribution in [1.82, 2.24) is 10.1 Å². The van der Waals surface area contributed by atoms with Crippen LogP contribution in [0.1, 0.15) is 73.6 Å². The highest BCUT2D eigenvalue weighted by molar-refractivity contribution is 7.22. The van der Waals surface area contributed by atoms with Gasteiger partial charge in [-0.3, -0.25) is 4.79 Å². The molecule has 1 spiro atoms. The summed E-state index contributed by atoms with van der Waals surface area (Å²) in [4.78, 5) is 19.2. The highest BCUT2D eigenvalue weighted by Crippen LogP contribution is 2.54. The van der Waals surface area contributed by atoms with Crippen LogP contribution < -0.4 is 4.90 Å². The molecule has 3 heterocycles. The zero-order valence-electron chi connectivity index (χ0n) is 21.9. The van der Waals surface area contributed by atoms with Crippen LogP contribution in [0.3, 0.4) is 0 Å². The van der Waals surface area contributed by atoms with E-state index < -0.39 is 0 Å². The Morgan fingerprint density at radius 3 is 2.67 bits per heavy atom. The summed E-state index contributed by atoms with van der Waals surface area (Å²) in [7, 11) is 0. The normalized spacial score (nSPS) is 24.6. The maximum atomic E-state index is 11.8. The number of ether oxygens (including phenoxy) is 1. The van der Waals surface area contributed by atoms with Gasteiger partial charge < -0.3 is 14.2 Å². The highest BCUT2D eigenvalue weighted by atomic mass is 35.5. The molecule has 7 rings (SSSR count). The second-order valence-corrected chi connectivity index (χ2v) is 13.3. The largest absolute Gasteiger partial charge is 0.373 e. The van der Waals surface area contributed by atoms with Crippen molar-refractivity contribution < 1.29 is 14.1 Å². The Hall–Kier alpha value is -2.45. The van der Waals surface area contributed by atoms with Gasteiger partial charge in [-0.15, -0.1) is 0 Å². The number of hydrogen-bond acceptors (Lipinski definition) is 7. The molecule has 0 bridgehead atoms. The number of carbonyl (C=O) groups is 1. The van der Waals surface area contributed by atoms with Gasteiger partial charge in [0, 0.05) is 35.2 Å². The fourth-order valence-corrected chi connectivity index (χ4v) is 8.08. The van der Waals surface area contributed by atoms with E-state index in [1.54, 1.807) is 18.3 Å². The average molecular weight is 583 g/mol. The highest BCUT2D eigenvalue weighted by Gasteiger charge is 2.52. The molecule has 39 heavy (non-hydrogen) atoms. The summed E-state index contributed by atoms with van der Waals surface area (Å²) >= 11 is 14.7. The van der Waals surface area contributed by atoms with Gasteiger partial charge in [-0.2, -0.15) is 0 Å². The SMILES string of the molecule is CC(=O)c1ccc2nc(N3CC4(CC(OCc5c(-c6c(Cl)cccc6Cl)noc5C5CC5)C4)C[C@H]3C)sc2c1. The van der Waals surface area contributed by atoms with E-state index in [0.29, 0.717) is 39.9 Å². The van der Waals surface area contributed by atoms with E-state index in [-0.39, 0.29) is 17.3 Å². The van der Waals surface area contributed by atoms with Crippen LogP contribution in [0.2, 0.25) is 10.0 Å². The van der Waals surface area contributed by atoms with Crippen LogP contribution in [0, 0.1) is 5.41 Å². The van der Waals surface area contributed by atoms with Crippen molar-refractivity contribution >= 4 is 55.7 Å². The maximum Gasteiger partial charge on any atom is 0.186 e. The number of hydrogen-bond donors (Lipinski definition) is 0. The van der Waals surface area contributed by atoms with Crippen LogP contribution in [0.25, 0.3) is 21.5 Å². The fourth-order valence-electron chi connectivity index (χ4n) is 6.40. The molecule has 202 valence electrons. The number of nitrogens with zero attached hydrogens (tertiary/aromatic N) is 3. The van der Waals surface area contributed by atoms with Crippen LogP contribution >= 0.6 is 34.5 Å². The summed E-state index contributed by atoms with van der Waals surface area (Å²) in [5.74, 6) is 1.40. The molecule has 3 fully saturated rings. The molecule has 6 nitrogen and oxygen atoms in total. The molecule has 2 aliphatic carbocycles. The zero-order valence-corrected chi connectivity index (χ0v) is 24.2. The fraction of sp³-hybridized carbons (Fsp3) is 0.433. The molecule has 3 aliphatic rings. The molecule has 0 N–H and O–H groups in total. The van der Waals surface area contributed by atoms with Crippen molar-refractivity contribution in [3.05, 3.63) is 63.3 Å². The lowest BCUT2D eigenvalue weighted by atomic mass is 9.65. The second-order valence-electron chi connectivity index (χ2n) is 11.5. The lowest BCUT2D eigenvalue weighted by Gasteiger charge is -2.44. The number of rotatable bonds is 7. The molecule has 2 aromatic heterocycles. The number of carbonyl (C=O) groups excluding carboxylic acids is 1. The molecular weight excluding hydrogens is 553 g/mol. The molecular formula is C30H29Cl2N3O3S. The molecule has 1 aliphatic heterocycles. The van der Waals surface area contributed by atoms with E-state index in [2.05, 4.69) is 17.0 Å². The van der Waals surface area contributed by atoms with Crippen molar-refractivity contribution in [1.29, 1.82) is 0 Å². The van der Waals surface area contributed by atoms with Crippen molar-refractivity contribution in [2.45, 2.75) is 70.6 Å². The second kappa shape index (κ2) is 9.58. The van der Waals surface area contributed by atoms with Crippen LogP contribution in [0.4, 0.5) is 5.13 Å². The van der Waals surface area contributed by atoms with Gasteiger partial charge in [-0.25, -0.2) is 4.98 Å². The summed E-state index contributed by atoms with van der Waals surface area (Å²) in [5.41, 5.74) is 4.33. The number of thiazole rings is 1. The number of aromatic nitrogens is 2. The molecule has 9 heteroatoms. The Balaban J connectivity index is 1.04. The predicted octanol–water partition coefficient (Wildman–Crippen LogP) is 8.30. The third-order valence-corrected chi connectivity index (χ3v) is 10.2. The van der Waals surface area contributed by atoms with E-state index in [9.17, 15) is 4.79 Å². The minimum Gasteiger partial charge on any atom is -0.373 e. The molecule has 4 aromatic rings. The van der Waals surface area contributed by atoms with Gasteiger partial charge in [0.25, 0.3) is 0 Å². The standard InChI is InChI=1S/C30H29Cl2N3O3S/c1-16-11-30(15-35(16)29-33-24-9-8-19(17(2)36)10-25(24)39-29)12-20(13-30)37-14-21-27(34-38-28(21)18-6-7-18)26-22(31)4-3-5-23(26)32/h3-5,8-10,16,18,20H,6-7,11-15H2,1-2H3/t16-,20?,30?/m1/s1. The van der Waals surface area contributed by atoms with E-state index in [1.165, 1.54) is 0 Å². The van der Waals surface area contributed by atoms with Gasteiger partial charge in [-0.05, 0) is 81.7 Å². The number of anilines is 1. The molecule has 0 amide bonds. The van der Waals surface area contributed by atoms with Crippen molar-refractivity contribution in [2.24, 2.45) is 5.41 Å². The Morgan fingerprint density at radius 1 is 1.18 bits per heavy atom. The first-order chi connectivity index (χ1) is 18.8. The zero-order chi connectivity index (χ0) is 26.9. The van der Waals surface area contributed by atoms with E-state index >= 15 is 0 Å². The summed E-state index contributed by atoms with van der Waals surface area (Å²) in [6, 6.07) is 11.7. The maximum absolute atomic E-state index is 11.8. The number of fused-ring (bicyclic) bond motifs is 1. The summed E-state index contributed by atoms with van der Waals surface area (Å²) < 4.78 is 13.4. The average Bonchev–Trinajstić information content (AvgIpc) is 3.35. The number of halogens is 2. The Kier molecular flexibility index (Phi) is 6.27. The molecule has 0 radical (unpaired) electrons. The Labute approximate surface area is 241 Å². The quantitative estimate of drug-likeness (QED) is 0.204. The summed E-state index contributed by atoms with van der Waals surface area (Å²) in [6.45, 7) is 5.32. The van der Waals surface area contributed by atoms with Crippen molar-refractivity contribution in [2.75, 3.05) is 11.4 Å². The number of Topliss-reactive ketones (excluding diaryl/α,β-unsaturated/α-hetero) is 1. The monoisotopic (exact) mass is 581 g/mol. The molecule has 1 atom stereocenters. The Morgan fingerprint density at radius 2 is 1.95 bits per heavy atom. The number of ketones is 1. The predicted molar refractivity (Wildman–Crippen MR) is 155 cm³/mol. The Bertz CT molecular complexity index is 1570. The topological polar surface area (TPSA) is 68.5 Å². The third-order valence-electron chi connectivity index (χ3n) is 8.55. The van der Waals surface area contributed by atoms with E-state index in [1.807, 2.05) is 36.4 Å². The van der Waals surface area contributed by atoms with Crippen molar-refractivity contribution in [3.63, 3.8) is 0 Å². The van der Waals surface area contributed by atoms with Gasteiger partial charge in [0.05, 0.1) is 33.0 Å². The van der Waals surface area contributed by atoms with E-state index in [0.717, 1.165) is 70.9 Å². The first-order valence-corrected chi connectivity index (χ1v) is 15.1. The van der Waals surface area contributed by atoms with Crippen molar-refractivity contribution in [3.8, 4) is 11.3 Å². The minimum absolute atomic E-state index is 0.0818. The molecule has 2 aromatic carbocycles. The van der Waals surface area contributed by atoms with Crippen LogP contribution in [0.15, 0.2) is 40.9 Å². The number of benzene rings is 2. The first kappa shape index (κ1) is 25.5. The summed E-state index contributed by atoms with van der Waals surface area (Å²) in [5, 5.41) is 6.56. The minimum atomic E-state index is 0.0818. The third kappa shape index (κ3) is 4.57. The molecule has 0 unspecified atom stereocenters. The van der Waals surface area contributed by atoms with Gasteiger partial charge in [0.15, 0.2) is 10.9 Å². The molecule has 2 saturated carbocycles. The summed E-state index contributed by atoms with van der Waals surface area (Å²) in [6.07, 6.45) is 5.60. The van der Waals surface area contributed by atoms with Gasteiger partial charge in [-0.1, -0.05) is 45.8 Å². The lowest BCUT2D eigenvalue weighted by molar-refractivity contribution is -0.0805. The lowest BCUT2D eigenvalue weighted by Crippen LogP contribution is -2.44. The first-order valence-electron chi connectivity index (χ1n) is 13.5. The van der Waals surface area contributed by atoms with E-state index in [4.69, 9.17) is 37.4 Å². The van der Waals surface area contributed by atoms with Gasteiger partial charge in [0.2, 0.25) is 0 Å². The smallest absolute Gasteiger partial charge is 0.186 e. The molecule has 1 saturated heterocycles. The van der Waals surface area contributed by atoms with Gasteiger partial charge in [0.1, 0.15) is 11.5 Å².